The van der Waals surface area contributed by atoms with Gasteiger partial charge in [0.1, 0.15) is 12.7 Å². The van der Waals surface area contributed by atoms with Crippen molar-refractivity contribution in [2.24, 2.45) is 0 Å². The van der Waals surface area contributed by atoms with Gasteiger partial charge in [-0.1, -0.05) is 67.4 Å². The number of hydrogen-bond donors (Lipinski definition) is 1. The zero-order valence-corrected chi connectivity index (χ0v) is 14.1. The standard InChI is InChI=1S/C20H26N3O/c24-20(17-10-5-4-6-11-17)16-22-15-9-14-21-19(22)23(20)18-12-7-2-1-3-8-13-18/h4-6,9-11,14-15,18,24H,1-3,7-8,12-13,16H2/q+1/t20-/m1/s1. The number of anilines is 1. The van der Waals surface area contributed by atoms with E-state index in [4.69, 9.17) is 0 Å². The van der Waals surface area contributed by atoms with Crippen molar-refractivity contribution >= 4 is 5.95 Å². The van der Waals surface area contributed by atoms with Crippen molar-refractivity contribution in [2.45, 2.75) is 63.3 Å². The van der Waals surface area contributed by atoms with Gasteiger partial charge in [0.25, 0.3) is 0 Å². The van der Waals surface area contributed by atoms with E-state index in [-0.39, 0.29) is 0 Å². The molecule has 4 rings (SSSR count). The van der Waals surface area contributed by atoms with Gasteiger partial charge in [0.15, 0.2) is 0 Å². The maximum Gasteiger partial charge on any atom is 0.397 e. The number of aromatic nitrogens is 2. The van der Waals surface area contributed by atoms with E-state index in [2.05, 4.69) is 14.5 Å². The SMILES string of the molecule is O[C@@]1(c2ccccc2)C[n+]2cccnc2N1C1CCCCCCC1. The van der Waals surface area contributed by atoms with Crippen LogP contribution in [0.1, 0.15) is 50.5 Å². The lowest BCUT2D eigenvalue weighted by Gasteiger charge is -2.35. The minimum Gasteiger partial charge on any atom is -0.353 e. The third-order valence-corrected chi connectivity index (χ3v) is 5.48. The quantitative estimate of drug-likeness (QED) is 0.863. The lowest BCUT2D eigenvalue weighted by molar-refractivity contribution is -0.685. The summed E-state index contributed by atoms with van der Waals surface area (Å²) in [7, 11) is 0. The smallest absolute Gasteiger partial charge is 0.353 e. The van der Waals surface area contributed by atoms with Gasteiger partial charge >= 0.3 is 5.95 Å². The Balaban J connectivity index is 1.76. The normalized spacial score (nSPS) is 25.1. The number of benzene rings is 1. The first-order chi connectivity index (χ1) is 11.8. The summed E-state index contributed by atoms with van der Waals surface area (Å²) in [6.07, 6.45) is 12.5. The maximum absolute atomic E-state index is 11.7. The van der Waals surface area contributed by atoms with Crippen LogP contribution in [0.3, 0.4) is 0 Å². The summed E-state index contributed by atoms with van der Waals surface area (Å²) >= 11 is 0. The molecule has 0 amide bonds. The van der Waals surface area contributed by atoms with Crippen LogP contribution in [-0.4, -0.2) is 16.1 Å². The van der Waals surface area contributed by atoms with Gasteiger partial charge in [0.05, 0.1) is 12.2 Å². The third kappa shape index (κ3) is 2.69. The van der Waals surface area contributed by atoms with Crippen molar-refractivity contribution in [1.29, 1.82) is 0 Å². The topological polar surface area (TPSA) is 40.2 Å². The Morgan fingerprint density at radius 1 is 1.00 bits per heavy atom. The highest BCUT2D eigenvalue weighted by atomic mass is 16.3. The molecule has 4 heteroatoms. The zero-order chi connectivity index (χ0) is 16.4. The minimum atomic E-state index is -1.01. The summed E-state index contributed by atoms with van der Waals surface area (Å²) in [6.45, 7) is 0.538. The summed E-state index contributed by atoms with van der Waals surface area (Å²) in [5.41, 5.74) is -0.0514. The summed E-state index contributed by atoms with van der Waals surface area (Å²) in [5, 5.41) is 11.7. The number of rotatable bonds is 2. The van der Waals surface area contributed by atoms with Gasteiger partial charge in [0, 0.05) is 11.6 Å². The Labute approximate surface area is 143 Å². The monoisotopic (exact) mass is 324 g/mol. The average molecular weight is 324 g/mol. The van der Waals surface area contributed by atoms with Crippen molar-refractivity contribution in [1.82, 2.24) is 4.98 Å². The van der Waals surface area contributed by atoms with Crippen LogP contribution >= 0.6 is 0 Å². The van der Waals surface area contributed by atoms with E-state index in [0.717, 1.165) is 24.4 Å². The summed E-state index contributed by atoms with van der Waals surface area (Å²) in [5.74, 6) is 0.898. The molecule has 4 nitrogen and oxygen atoms in total. The molecule has 1 N–H and O–H groups in total. The van der Waals surface area contributed by atoms with Crippen LogP contribution in [0.25, 0.3) is 0 Å². The molecule has 2 aliphatic rings. The molecular formula is C20H26N3O+. The molecule has 0 spiro atoms. The van der Waals surface area contributed by atoms with Gasteiger partial charge in [-0.2, -0.15) is 0 Å². The first kappa shape index (κ1) is 15.6. The number of nitrogens with zero attached hydrogens (tertiary/aromatic N) is 3. The van der Waals surface area contributed by atoms with Crippen LogP contribution in [0, 0.1) is 0 Å². The highest BCUT2D eigenvalue weighted by Gasteiger charge is 2.54. The van der Waals surface area contributed by atoms with Gasteiger partial charge in [-0.3, -0.25) is 0 Å². The molecule has 0 unspecified atom stereocenters. The van der Waals surface area contributed by atoms with Crippen molar-refractivity contribution in [3.05, 3.63) is 54.4 Å². The molecule has 0 radical (unpaired) electrons. The van der Waals surface area contributed by atoms with Crippen LogP contribution in [0.4, 0.5) is 5.95 Å². The number of aliphatic hydroxyl groups is 1. The minimum absolute atomic E-state index is 0.346. The van der Waals surface area contributed by atoms with E-state index in [1.807, 2.05) is 48.8 Å². The lowest BCUT2D eigenvalue weighted by Crippen LogP contribution is -2.50. The van der Waals surface area contributed by atoms with Gasteiger partial charge in [0.2, 0.25) is 5.72 Å². The van der Waals surface area contributed by atoms with Gasteiger partial charge in [-0.25, -0.2) is 9.47 Å². The molecule has 0 saturated heterocycles. The number of hydrogen-bond acceptors (Lipinski definition) is 3. The Bertz CT molecular complexity index is 682. The van der Waals surface area contributed by atoms with Gasteiger partial charge in [-0.05, 0) is 12.8 Å². The molecule has 1 atom stereocenters. The molecule has 2 aromatic rings. The average Bonchev–Trinajstić information content (AvgIpc) is 2.89. The molecule has 1 saturated carbocycles. The van der Waals surface area contributed by atoms with E-state index in [1.54, 1.807) is 0 Å². The fourth-order valence-electron chi connectivity index (χ4n) is 4.29. The van der Waals surface area contributed by atoms with Crippen molar-refractivity contribution < 1.29 is 9.67 Å². The Morgan fingerprint density at radius 2 is 1.71 bits per heavy atom. The van der Waals surface area contributed by atoms with Crippen LogP contribution in [0.15, 0.2) is 48.8 Å². The summed E-state index contributed by atoms with van der Waals surface area (Å²) in [6, 6.07) is 12.4. The van der Waals surface area contributed by atoms with Crippen molar-refractivity contribution in [3.63, 3.8) is 0 Å². The lowest BCUT2D eigenvalue weighted by atomic mass is 9.92. The van der Waals surface area contributed by atoms with Gasteiger partial charge < -0.3 is 5.11 Å². The second-order valence-electron chi connectivity index (χ2n) is 7.10. The second-order valence-corrected chi connectivity index (χ2v) is 7.10. The fourth-order valence-corrected chi connectivity index (χ4v) is 4.29. The third-order valence-electron chi connectivity index (χ3n) is 5.48. The van der Waals surface area contributed by atoms with E-state index in [0.29, 0.717) is 12.6 Å². The zero-order valence-electron chi connectivity index (χ0n) is 14.1. The molecule has 0 bridgehead atoms. The van der Waals surface area contributed by atoms with Crippen molar-refractivity contribution in [3.8, 4) is 0 Å². The van der Waals surface area contributed by atoms with E-state index in [9.17, 15) is 5.11 Å². The molecule has 1 aromatic carbocycles. The Morgan fingerprint density at radius 3 is 2.46 bits per heavy atom. The highest BCUT2D eigenvalue weighted by molar-refractivity contribution is 5.39. The van der Waals surface area contributed by atoms with E-state index < -0.39 is 5.72 Å². The summed E-state index contributed by atoms with van der Waals surface area (Å²) < 4.78 is 2.09. The summed E-state index contributed by atoms with van der Waals surface area (Å²) in [4.78, 5) is 6.82. The predicted octanol–water partition coefficient (Wildman–Crippen LogP) is 3.15. The molecule has 1 aromatic heterocycles. The molecule has 2 heterocycles. The molecule has 24 heavy (non-hydrogen) atoms. The predicted molar refractivity (Wildman–Crippen MR) is 93.4 cm³/mol. The largest absolute Gasteiger partial charge is 0.397 e. The Kier molecular flexibility index (Phi) is 4.23. The van der Waals surface area contributed by atoms with Crippen LogP contribution < -0.4 is 9.47 Å². The molecule has 1 aliphatic heterocycles. The fraction of sp³-hybridized carbons (Fsp3) is 0.500. The highest BCUT2D eigenvalue weighted by Crippen LogP contribution is 2.38. The van der Waals surface area contributed by atoms with E-state index >= 15 is 0 Å². The van der Waals surface area contributed by atoms with Crippen molar-refractivity contribution in [2.75, 3.05) is 4.90 Å². The molecule has 1 aliphatic carbocycles. The molecular weight excluding hydrogens is 298 g/mol. The van der Waals surface area contributed by atoms with E-state index in [1.165, 1.54) is 32.1 Å². The Hall–Kier alpha value is -1.94. The first-order valence-electron chi connectivity index (χ1n) is 9.21. The van der Waals surface area contributed by atoms with Crippen LogP contribution in [0.2, 0.25) is 0 Å². The maximum atomic E-state index is 11.7. The second kappa shape index (κ2) is 6.52. The van der Waals surface area contributed by atoms with Gasteiger partial charge in [-0.15, -0.1) is 0 Å². The molecule has 126 valence electrons. The van der Waals surface area contributed by atoms with Crippen LogP contribution in [-0.2, 0) is 12.3 Å². The number of fused-ring (bicyclic) bond motifs is 1. The van der Waals surface area contributed by atoms with Crippen LogP contribution in [0.5, 0.6) is 0 Å². The molecule has 1 fully saturated rings. The first-order valence-corrected chi connectivity index (χ1v) is 9.21.